The Labute approximate surface area is 130 Å². The molecule has 0 fully saturated rings. The van der Waals surface area contributed by atoms with E-state index in [0.29, 0.717) is 28.3 Å². The van der Waals surface area contributed by atoms with Crippen molar-refractivity contribution in [2.45, 2.75) is 6.92 Å². The third kappa shape index (κ3) is 2.30. The lowest BCUT2D eigenvalue weighted by molar-refractivity contribution is 0.632. The smallest absolute Gasteiger partial charge is 0.149 e. The molecule has 0 saturated carbocycles. The molecule has 0 radical (unpaired) electrons. The van der Waals surface area contributed by atoms with Crippen molar-refractivity contribution in [3.63, 3.8) is 0 Å². The Kier molecular flexibility index (Phi) is 3.43. The second kappa shape index (κ2) is 5.13. The Morgan fingerprint density at radius 1 is 1.38 bits per heavy atom. The molecule has 0 aliphatic heterocycles. The highest BCUT2D eigenvalue weighted by Crippen LogP contribution is 2.38. The standard InChI is InChI=1S/C14H12ClFN4S/c1-7-18-10(6-21-7)13-11(14(17)20(2)19-13)8-4-3-5-9(15)12(8)16/h3-6H,17H2,1-2H3. The zero-order valence-corrected chi connectivity index (χ0v) is 13.0. The fourth-order valence-corrected chi connectivity index (χ4v) is 2.92. The Morgan fingerprint density at radius 2 is 2.14 bits per heavy atom. The molecule has 2 aromatic heterocycles. The van der Waals surface area contributed by atoms with Gasteiger partial charge in [-0.15, -0.1) is 11.3 Å². The number of benzene rings is 1. The van der Waals surface area contributed by atoms with Gasteiger partial charge >= 0.3 is 0 Å². The van der Waals surface area contributed by atoms with E-state index in [2.05, 4.69) is 10.1 Å². The number of halogens is 2. The van der Waals surface area contributed by atoms with Crippen LogP contribution in [0.2, 0.25) is 5.02 Å². The minimum Gasteiger partial charge on any atom is -0.383 e. The fourth-order valence-electron chi connectivity index (χ4n) is 2.15. The van der Waals surface area contributed by atoms with Gasteiger partial charge < -0.3 is 5.73 Å². The van der Waals surface area contributed by atoms with E-state index in [-0.39, 0.29) is 5.02 Å². The van der Waals surface area contributed by atoms with E-state index in [4.69, 9.17) is 17.3 Å². The van der Waals surface area contributed by atoms with Crippen LogP contribution in [0, 0.1) is 12.7 Å². The summed E-state index contributed by atoms with van der Waals surface area (Å²) in [5.41, 5.74) is 8.14. The third-order valence-corrected chi connectivity index (χ3v) is 4.24. The van der Waals surface area contributed by atoms with Crippen molar-refractivity contribution in [2.24, 2.45) is 7.05 Å². The van der Waals surface area contributed by atoms with Gasteiger partial charge in [-0.2, -0.15) is 5.10 Å². The first-order valence-electron chi connectivity index (χ1n) is 6.18. The molecular formula is C14H12ClFN4S. The lowest BCUT2D eigenvalue weighted by Crippen LogP contribution is -1.98. The van der Waals surface area contributed by atoms with E-state index in [9.17, 15) is 4.39 Å². The molecular weight excluding hydrogens is 311 g/mol. The van der Waals surface area contributed by atoms with Crippen LogP contribution in [0.3, 0.4) is 0 Å². The number of nitrogens with zero attached hydrogens (tertiary/aromatic N) is 3. The largest absolute Gasteiger partial charge is 0.383 e. The van der Waals surface area contributed by atoms with E-state index < -0.39 is 5.82 Å². The molecule has 0 saturated heterocycles. The molecule has 7 heteroatoms. The number of anilines is 1. The molecule has 0 atom stereocenters. The molecule has 3 rings (SSSR count). The molecule has 0 unspecified atom stereocenters. The van der Waals surface area contributed by atoms with Crippen LogP contribution in [0.4, 0.5) is 10.2 Å². The molecule has 4 nitrogen and oxygen atoms in total. The molecule has 1 aromatic carbocycles. The molecule has 0 aliphatic carbocycles. The van der Waals surface area contributed by atoms with Crippen LogP contribution in [-0.4, -0.2) is 14.8 Å². The minimum absolute atomic E-state index is 0.0520. The van der Waals surface area contributed by atoms with E-state index in [1.807, 2.05) is 12.3 Å². The quantitative estimate of drug-likeness (QED) is 0.778. The van der Waals surface area contributed by atoms with Crippen molar-refractivity contribution in [3.8, 4) is 22.5 Å². The Bertz CT molecular complexity index is 824. The van der Waals surface area contributed by atoms with Crippen LogP contribution in [0.5, 0.6) is 0 Å². The predicted octanol–water partition coefficient (Wildman–Crippen LogP) is 3.89. The van der Waals surface area contributed by atoms with Crippen LogP contribution in [0.25, 0.3) is 22.5 Å². The molecule has 0 bridgehead atoms. The van der Waals surface area contributed by atoms with Crippen molar-refractivity contribution < 1.29 is 4.39 Å². The van der Waals surface area contributed by atoms with Gasteiger partial charge in [0.2, 0.25) is 0 Å². The summed E-state index contributed by atoms with van der Waals surface area (Å²) in [6.07, 6.45) is 0. The third-order valence-electron chi connectivity index (χ3n) is 3.17. The maximum atomic E-state index is 14.3. The first-order valence-corrected chi connectivity index (χ1v) is 7.44. The topological polar surface area (TPSA) is 56.7 Å². The Morgan fingerprint density at radius 3 is 2.81 bits per heavy atom. The summed E-state index contributed by atoms with van der Waals surface area (Å²) < 4.78 is 15.8. The van der Waals surface area contributed by atoms with Gasteiger partial charge in [0, 0.05) is 18.0 Å². The van der Waals surface area contributed by atoms with E-state index in [1.165, 1.54) is 22.1 Å². The molecule has 21 heavy (non-hydrogen) atoms. The molecule has 0 spiro atoms. The summed E-state index contributed by atoms with van der Waals surface area (Å²) in [4.78, 5) is 4.41. The molecule has 2 heterocycles. The minimum atomic E-state index is -0.507. The number of thiazole rings is 1. The number of rotatable bonds is 2. The second-order valence-corrected chi connectivity index (χ2v) is 6.06. The van der Waals surface area contributed by atoms with Gasteiger partial charge in [0.15, 0.2) is 0 Å². The van der Waals surface area contributed by atoms with Gasteiger partial charge in [0.05, 0.1) is 15.6 Å². The average molecular weight is 323 g/mol. The number of hydrogen-bond donors (Lipinski definition) is 1. The number of aryl methyl sites for hydroxylation is 2. The van der Waals surface area contributed by atoms with Gasteiger partial charge in [-0.3, -0.25) is 4.68 Å². The predicted molar refractivity (Wildman–Crippen MR) is 83.9 cm³/mol. The first kappa shape index (κ1) is 14.0. The van der Waals surface area contributed by atoms with Crippen LogP contribution < -0.4 is 5.73 Å². The van der Waals surface area contributed by atoms with Crippen LogP contribution >= 0.6 is 22.9 Å². The molecule has 2 N–H and O–H groups in total. The fraction of sp³-hybridized carbons (Fsp3) is 0.143. The second-order valence-electron chi connectivity index (χ2n) is 4.59. The van der Waals surface area contributed by atoms with Gasteiger partial charge in [0.1, 0.15) is 23.0 Å². The lowest BCUT2D eigenvalue weighted by atomic mass is 10.0. The van der Waals surface area contributed by atoms with Crippen molar-refractivity contribution in [1.82, 2.24) is 14.8 Å². The van der Waals surface area contributed by atoms with Gasteiger partial charge in [-0.25, -0.2) is 9.37 Å². The van der Waals surface area contributed by atoms with Crippen LogP contribution in [0.15, 0.2) is 23.6 Å². The summed E-state index contributed by atoms with van der Waals surface area (Å²) in [6, 6.07) is 4.82. The highest BCUT2D eigenvalue weighted by molar-refractivity contribution is 7.09. The molecule has 0 aliphatic rings. The summed E-state index contributed by atoms with van der Waals surface area (Å²) in [5, 5.41) is 7.21. The zero-order valence-electron chi connectivity index (χ0n) is 11.4. The van der Waals surface area contributed by atoms with Crippen molar-refractivity contribution >= 4 is 28.8 Å². The Hall–Kier alpha value is -1.92. The highest BCUT2D eigenvalue weighted by atomic mass is 35.5. The number of aromatic nitrogens is 3. The molecule has 3 aromatic rings. The SMILES string of the molecule is Cc1nc(-c2nn(C)c(N)c2-c2cccc(Cl)c2F)cs1. The summed E-state index contributed by atoms with van der Waals surface area (Å²) in [6.45, 7) is 1.90. The van der Waals surface area contributed by atoms with E-state index >= 15 is 0 Å². The summed E-state index contributed by atoms with van der Waals surface area (Å²) in [5.74, 6) is -0.135. The summed E-state index contributed by atoms with van der Waals surface area (Å²) >= 11 is 7.37. The van der Waals surface area contributed by atoms with E-state index in [0.717, 1.165) is 5.01 Å². The van der Waals surface area contributed by atoms with Crippen molar-refractivity contribution in [3.05, 3.63) is 39.4 Å². The van der Waals surface area contributed by atoms with Crippen molar-refractivity contribution in [2.75, 3.05) is 5.73 Å². The molecule has 108 valence electrons. The van der Waals surface area contributed by atoms with Gasteiger partial charge in [-0.1, -0.05) is 23.7 Å². The Balaban J connectivity index is 2.29. The number of nitrogen functional groups attached to an aromatic ring is 1. The lowest BCUT2D eigenvalue weighted by Gasteiger charge is -2.05. The van der Waals surface area contributed by atoms with E-state index in [1.54, 1.807) is 19.2 Å². The first-order chi connectivity index (χ1) is 9.99. The van der Waals surface area contributed by atoms with Gasteiger partial charge in [0.25, 0.3) is 0 Å². The monoisotopic (exact) mass is 322 g/mol. The molecule has 0 amide bonds. The number of hydrogen-bond acceptors (Lipinski definition) is 4. The maximum absolute atomic E-state index is 14.3. The van der Waals surface area contributed by atoms with Crippen LogP contribution in [-0.2, 0) is 7.05 Å². The van der Waals surface area contributed by atoms with Crippen LogP contribution in [0.1, 0.15) is 5.01 Å². The number of nitrogens with two attached hydrogens (primary N) is 1. The zero-order chi connectivity index (χ0) is 15.1. The van der Waals surface area contributed by atoms with Gasteiger partial charge in [-0.05, 0) is 13.0 Å². The summed E-state index contributed by atoms with van der Waals surface area (Å²) in [7, 11) is 1.71. The highest BCUT2D eigenvalue weighted by Gasteiger charge is 2.22. The maximum Gasteiger partial charge on any atom is 0.149 e. The van der Waals surface area contributed by atoms with Crippen molar-refractivity contribution in [1.29, 1.82) is 0 Å². The normalized spacial score (nSPS) is 11.0. The average Bonchev–Trinajstić information content (AvgIpc) is 2.99.